The number of ether oxygens (including phenoxy) is 1. The summed E-state index contributed by atoms with van der Waals surface area (Å²) < 4.78 is 5.39. The number of nitrogens with zero attached hydrogens (tertiary/aromatic N) is 1. The first kappa shape index (κ1) is 21.1. The molecular formula is C21H28N4O3S. The van der Waals surface area contributed by atoms with Crippen LogP contribution in [-0.4, -0.2) is 29.6 Å². The number of rotatable bonds is 8. The van der Waals surface area contributed by atoms with E-state index in [0.29, 0.717) is 24.6 Å². The maximum absolute atomic E-state index is 12.2. The van der Waals surface area contributed by atoms with Crippen LogP contribution in [0.4, 0.5) is 15.6 Å². The number of amides is 3. The predicted octanol–water partition coefficient (Wildman–Crippen LogP) is 4.57. The highest BCUT2D eigenvalue weighted by atomic mass is 32.1. The Labute approximate surface area is 175 Å². The van der Waals surface area contributed by atoms with Crippen molar-refractivity contribution in [3.63, 3.8) is 0 Å². The largest absolute Gasteiger partial charge is 0.494 e. The molecule has 1 heterocycles. The van der Waals surface area contributed by atoms with Crippen LogP contribution >= 0.6 is 11.3 Å². The fourth-order valence-corrected chi connectivity index (χ4v) is 4.05. The minimum Gasteiger partial charge on any atom is -0.494 e. The van der Waals surface area contributed by atoms with Gasteiger partial charge in [-0.1, -0.05) is 19.3 Å². The Morgan fingerprint density at radius 3 is 2.62 bits per heavy atom. The van der Waals surface area contributed by atoms with Gasteiger partial charge in [0.15, 0.2) is 5.13 Å². The summed E-state index contributed by atoms with van der Waals surface area (Å²) in [4.78, 5) is 28.7. The third-order valence-corrected chi connectivity index (χ3v) is 5.58. The number of aromatic nitrogens is 1. The summed E-state index contributed by atoms with van der Waals surface area (Å²) in [5.74, 6) is 0.701. The molecule has 1 saturated carbocycles. The van der Waals surface area contributed by atoms with Crippen molar-refractivity contribution in [2.75, 3.05) is 17.2 Å². The summed E-state index contributed by atoms with van der Waals surface area (Å²) in [5.41, 5.74) is 1.53. The van der Waals surface area contributed by atoms with Gasteiger partial charge in [0.25, 0.3) is 0 Å². The number of urea groups is 1. The summed E-state index contributed by atoms with van der Waals surface area (Å²) in [7, 11) is 0. The molecule has 1 fully saturated rings. The van der Waals surface area contributed by atoms with Gasteiger partial charge in [-0.25, -0.2) is 9.78 Å². The summed E-state index contributed by atoms with van der Waals surface area (Å²) in [6.45, 7) is 2.54. The van der Waals surface area contributed by atoms with Crippen molar-refractivity contribution in [2.24, 2.45) is 0 Å². The highest BCUT2D eigenvalue weighted by Crippen LogP contribution is 2.20. The van der Waals surface area contributed by atoms with Gasteiger partial charge in [-0.15, -0.1) is 11.3 Å². The number of anilines is 2. The minimum absolute atomic E-state index is 0.0771. The van der Waals surface area contributed by atoms with E-state index in [2.05, 4.69) is 20.9 Å². The van der Waals surface area contributed by atoms with E-state index in [9.17, 15) is 9.59 Å². The molecule has 156 valence electrons. The second-order valence-corrected chi connectivity index (χ2v) is 7.94. The minimum atomic E-state index is -0.203. The molecule has 1 aromatic heterocycles. The molecule has 1 aromatic carbocycles. The zero-order valence-electron chi connectivity index (χ0n) is 16.7. The molecule has 29 heavy (non-hydrogen) atoms. The van der Waals surface area contributed by atoms with Gasteiger partial charge in [0.2, 0.25) is 5.91 Å². The van der Waals surface area contributed by atoms with E-state index in [1.165, 1.54) is 30.6 Å². The van der Waals surface area contributed by atoms with E-state index in [0.717, 1.165) is 30.0 Å². The van der Waals surface area contributed by atoms with Crippen LogP contribution in [0.2, 0.25) is 0 Å². The Bertz CT molecular complexity index is 801. The van der Waals surface area contributed by atoms with E-state index in [1.54, 1.807) is 0 Å². The quantitative estimate of drug-likeness (QED) is 0.588. The van der Waals surface area contributed by atoms with Gasteiger partial charge in [0.1, 0.15) is 5.75 Å². The van der Waals surface area contributed by atoms with Crippen molar-refractivity contribution in [3.05, 3.63) is 35.3 Å². The Hall–Kier alpha value is -2.61. The fraction of sp³-hybridized carbons (Fsp3) is 0.476. The standard InChI is InChI=1S/C21H28N4O3S/c1-2-28-18-11-8-16(9-12-18)22-19(26)13-10-17-14-29-21(24-17)25-20(27)23-15-6-4-3-5-7-15/h8-9,11-12,14-15H,2-7,10,13H2,1H3,(H,22,26)(H2,23,24,25,27). The van der Waals surface area contributed by atoms with Crippen LogP contribution in [0.25, 0.3) is 0 Å². The Morgan fingerprint density at radius 1 is 1.14 bits per heavy atom. The van der Waals surface area contributed by atoms with Gasteiger partial charge in [0.05, 0.1) is 12.3 Å². The molecule has 1 aliphatic rings. The van der Waals surface area contributed by atoms with Crippen molar-refractivity contribution in [3.8, 4) is 5.75 Å². The third-order valence-electron chi connectivity index (χ3n) is 4.77. The highest BCUT2D eigenvalue weighted by molar-refractivity contribution is 7.13. The molecular weight excluding hydrogens is 388 g/mol. The van der Waals surface area contributed by atoms with Crippen LogP contribution in [0.15, 0.2) is 29.6 Å². The molecule has 0 saturated heterocycles. The predicted molar refractivity (Wildman–Crippen MR) is 116 cm³/mol. The molecule has 0 unspecified atom stereocenters. The molecule has 3 amide bonds. The van der Waals surface area contributed by atoms with Gasteiger partial charge in [-0.05, 0) is 50.5 Å². The van der Waals surface area contributed by atoms with E-state index in [-0.39, 0.29) is 18.0 Å². The van der Waals surface area contributed by atoms with Crippen LogP contribution < -0.4 is 20.7 Å². The molecule has 0 aliphatic heterocycles. The molecule has 3 N–H and O–H groups in total. The first-order valence-corrected chi connectivity index (χ1v) is 11.0. The molecule has 8 heteroatoms. The lowest BCUT2D eigenvalue weighted by Crippen LogP contribution is -2.38. The Kier molecular flexibility index (Phi) is 7.86. The van der Waals surface area contributed by atoms with Crippen LogP contribution in [0.1, 0.15) is 51.1 Å². The first-order valence-electron chi connectivity index (χ1n) is 10.2. The number of hydrogen-bond donors (Lipinski definition) is 3. The summed E-state index contributed by atoms with van der Waals surface area (Å²) in [6.07, 6.45) is 6.52. The van der Waals surface area contributed by atoms with E-state index in [4.69, 9.17) is 4.74 Å². The van der Waals surface area contributed by atoms with Crippen LogP contribution in [0, 0.1) is 0 Å². The number of carbonyl (C=O) groups is 2. The van der Waals surface area contributed by atoms with Gasteiger partial charge < -0.3 is 15.4 Å². The zero-order chi connectivity index (χ0) is 20.5. The lowest BCUT2D eigenvalue weighted by Gasteiger charge is -2.22. The SMILES string of the molecule is CCOc1ccc(NC(=O)CCc2csc(NC(=O)NC3CCCCC3)n2)cc1. The zero-order valence-corrected chi connectivity index (χ0v) is 17.5. The fourth-order valence-electron chi connectivity index (χ4n) is 3.31. The van der Waals surface area contributed by atoms with Gasteiger partial charge in [0, 0.05) is 23.5 Å². The molecule has 7 nitrogen and oxygen atoms in total. The van der Waals surface area contributed by atoms with Crippen molar-refractivity contribution >= 4 is 34.1 Å². The van der Waals surface area contributed by atoms with Crippen molar-refractivity contribution < 1.29 is 14.3 Å². The molecule has 0 atom stereocenters. The molecule has 0 radical (unpaired) electrons. The maximum atomic E-state index is 12.2. The summed E-state index contributed by atoms with van der Waals surface area (Å²) in [6, 6.07) is 7.35. The topological polar surface area (TPSA) is 92.4 Å². The average Bonchev–Trinajstić information content (AvgIpc) is 3.16. The van der Waals surface area contributed by atoms with Gasteiger partial charge in [-0.2, -0.15) is 0 Å². The van der Waals surface area contributed by atoms with Crippen LogP contribution in [0.3, 0.4) is 0 Å². The molecule has 0 bridgehead atoms. The summed E-state index contributed by atoms with van der Waals surface area (Å²) in [5, 5.41) is 11.1. The summed E-state index contributed by atoms with van der Waals surface area (Å²) >= 11 is 1.37. The smallest absolute Gasteiger partial charge is 0.321 e. The van der Waals surface area contributed by atoms with Gasteiger partial charge in [-0.3, -0.25) is 10.1 Å². The number of aryl methyl sites for hydroxylation is 1. The lowest BCUT2D eigenvalue weighted by atomic mass is 9.96. The number of nitrogens with one attached hydrogen (secondary N) is 3. The second kappa shape index (κ2) is 10.8. The second-order valence-electron chi connectivity index (χ2n) is 7.08. The van der Waals surface area contributed by atoms with E-state index in [1.807, 2.05) is 36.6 Å². The highest BCUT2D eigenvalue weighted by Gasteiger charge is 2.16. The van der Waals surface area contributed by atoms with Crippen molar-refractivity contribution in [1.29, 1.82) is 0 Å². The van der Waals surface area contributed by atoms with E-state index >= 15 is 0 Å². The number of hydrogen-bond acceptors (Lipinski definition) is 5. The lowest BCUT2D eigenvalue weighted by molar-refractivity contribution is -0.116. The van der Waals surface area contributed by atoms with Crippen molar-refractivity contribution in [1.82, 2.24) is 10.3 Å². The normalized spacial score (nSPS) is 14.2. The molecule has 3 rings (SSSR count). The number of thiazole rings is 1. The molecule has 1 aliphatic carbocycles. The first-order chi connectivity index (χ1) is 14.1. The Morgan fingerprint density at radius 2 is 1.90 bits per heavy atom. The van der Waals surface area contributed by atoms with Gasteiger partial charge >= 0.3 is 6.03 Å². The van der Waals surface area contributed by atoms with Crippen molar-refractivity contribution in [2.45, 2.75) is 57.9 Å². The molecule has 2 aromatic rings. The number of benzene rings is 1. The monoisotopic (exact) mass is 416 g/mol. The van der Waals surface area contributed by atoms with E-state index < -0.39 is 0 Å². The average molecular weight is 417 g/mol. The Balaban J connectivity index is 1.40. The van der Waals surface area contributed by atoms with Crippen LogP contribution in [0.5, 0.6) is 5.75 Å². The van der Waals surface area contributed by atoms with Crippen LogP contribution in [-0.2, 0) is 11.2 Å². The molecule has 0 spiro atoms. The third kappa shape index (κ3) is 7.05. The maximum Gasteiger partial charge on any atom is 0.321 e. The number of carbonyl (C=O) groups excluding carboxylic acids is 2.